The van der Waals surface area contributed by atoms with Crippen molar-refractivity contribution in [2.75, 3.05) is 16.4 Å². The molecule has 2 heterocycles. The second-order valence-corrected chi connectivity index (χ2v) is 9.30. The van der Waals surface area contributed by atoms with Gasteiger partial charge in [-0.05, 0) is 61.7 Å². The average Bonchev–Trinajstić information content (AvgIpc) is 3.62. The van der Waals surface area contributed by atoms with Crippen molar-refractivity contribution in [3.8, 4) is 11.4 Å². The predicted octanol–water partition coefficient (Wildman–Crippen LogP) is 4.97. The van der Waals surface area contributed by atoms with Crippen LogP contribution in [-0.2, 0) is 4.79 Å². The maximum atomic E-state index is 12.9. The van der Waals surface area contributed by atoms with E-state index in [0.29, 0.717) is 28.1 Å². The number of pyridine rings is 1. The van der Waals surface area contributed by atoms with Gasteiger partial charge in [-0.3, -0.25) is 19.1 Å². The lowest BCUT2D eigenvalue weighted by atomic mass is 10.1. The number of anilines is 2. The summed E-state index contributed by atoms with van der Waals surface area (Å²) in [4.78, 5) is 29.9. The first-order valence-corrected chi connectivity index (χ1v) is 12.3. The molecule has 0 bridgehead atoms. The standard InChI is InChI=1S/C26H24N6O2S/c1-17-6-4-8-19(14-17)28-25(34)21-9-2-3-10-22(21)29-23(33)16-35-26-31-30-24(32(26)20-11-12-20)18-7-5-13-27-15-18/h2-10,13-15,20H,11-12,16H2,1H3,(H,28,34)(H,29,33). The number of hydrogen-bond acceptors (Lipinski definition) is 6. The lowest BCUT2D eigenvalue weighted by Gasteiger charge is -2.12. The van der Waals surface area contributed by atoms with Gasteiger partial charge in [-0.15, -0.1) is 10.2 Å². The van der Waals surface area contributed by atoms with E-state index >= 15 is 0 Å². The van der Waals surface area contributed by atoms with Gasteiger partial charge in [0.15, 0.2) is 11.0 Å². The van der Waals surface area contributed by atoms with E-state index in [4.69, 9.17) is 0 Å². The van der Waals surface area contributed by atoms with Gasteiger partial charge in [0.1, 0.15) is 0 Å². The third-order valence-corrected chi connectivity index (χ3v) is 6.49. The summed E-state index contributed by atoms with van der Waals surface area (Å²) < 4.78 is 2.10. The Morgan fingerprint density at radius 2 is 1.89 bits per heavy atom. The highest BCUT2D eigenvalue weighted by Crippen LogP contribution is 2.41. The number of aryl methyl sites for hydroxylation is 1. The van der Waals surface area contributed by atoms with Crippen LogP contribution in [0.1, 0.15) is 34.8 Å². The smallest absolute Gasteiger partial charge is 0.257 e. The predicted molar refractivity (Wildman–Crippen MR) is 136 cm³/mol. The van der Waals surface area contributed by atoms with E-state index in [0.717, 1.165) is 29.8 Å². The summed E-state index contributed by atoms with van der Waals surface area (Å²) in [5.41, 5.74) is 3.51. The Bertz CT molecular complexity index is 1370. The van der Waals surface area contributed by atoms with Gasteiger partial charge in [0.2, 0.25) is 5.91 Å². The summed E-state index contributed by atoms with van der Waals surface area (Å²) in [6.07, 6.45) is 5.62. The fraction of sp³-hybridized carbons (Fsp3) is 0.192. The van der Waals surface area contributed by atoms with Crippen molar-refractivity contribution >= 4 is 35.0 Å². The molecule has 1 saturated carbocycles. The van der Waals surface area contributed by atoms with E-state index < -0.39 is 0 Å². The van der Waals surface area contributed by atoms with Crippen molar-refractivity contribution in [1.29, 1.82) is 0 Å². The Balaban J connectivity index is 1.26. The van der Waals surface area contributed by atoms with Gasteiger partial charge in [0, 0.05) is 29.7 Å². The number of thioether (sulfide) groups is 1. The maximum Gasteiger partial charge on any atom is 0.257 e. The quantitative estimate of drug-likeness (QED) is 0.343. The zero-order chi connectivity index (χ0) is 24.2. The molecule has 35 heavy (non-hydrogen) atoms. The monoisotopic (exact) mass is 484 g/mol. The minimum atomic E-state index is -0.284. The Morgan fingerprint density at radius 3 is 2.66 bits per heavy atom. The lowest BCUT2D eigenvalue weighted by Crippen LogP contribution is -2.19. The number of amides is 2. The number of nitrogens with zero attached hydrogens (tertiary/aromatic N) is 4. The Hall–Kier alpha value is -3.98. The first-order chi connectivity index (χ1) is 17.1. The number of hydrogen-bond donors (Lipinski definition) is 2. The van der Waals surface area contributed by atoms with E-state index in [-0.39, 0.29) is 17.6 Å². The number of nitrogens with one attached hydrogen (secondary N) is 2. The molecule has 0 radical (unpaired) electrons. The van der Waals surface area contributed by atoms with Gasteiger partial charge in [0.25, 0.3) is 5.91 Å². The topological polar surface area (TPSA) is 102 Å². The number of para-hydroxylation sites is 1. The molecule has 0 atom stereocenters. The summed E-state index contributed by atoms with van der Waals surface area (Å²) in [6, 6.07) is 18.7. The first-order valence-electron chi connectivity index (χ1n) is 11.3. The van der Waals surface area contributed by atoms with E-state index in [9.17, 15) is 9.59 Å². The second kappa shape index (κ2) is 10.1. The highest BCUT2D eigenvalue weighted by molar-refractivity contribution is 7.99. The number of carbonyl (C=O) groups is 2. The molecule has 9 heteroatoms. The van der Waals surface area contributed by atoms with Crippen LogP contribution in [0.3, 0.4) is 0 Å². The minimum absolute atomic E-state index is 0.145. The van der Waals surface area contributed by atoms with Crippen molar-refractivity contribution in [3.63, 3.8) is 0 Å². The van der Waals surface area contributed by atoms with Crippen LogP contribution in [0, 0.1) is 6.92 Å². The summed E-state index contributed by atoms with van der Waals surface area (Å²) in [6.45, 7) is 1.96. The largest absolute Gasteiger partial charge is 0.325 e. The number of aromatic nitrogens is 4. The van der Waals surface area contributed by atoms with Gasteiger partial charge >= 0.3 is 0 Å². The lowest BCUT2D eigenvalue weighted by molar-refractivity contribution is -0.113. The zero-order valence-electron chi connectivity index (χ0n) is 19.1. The van der Waals surface area contributed by atoms with Crippen molar-refractivity contribution in [3.05, 3.63) is 84.2 Å². The molecule has 2 aromatic heterocycles. The average molecular weight is 485 g/mol. The summed E-state index contributed by atoms with van der Waals surface area (Å²) >= 11 is 1.33. The van der Waals surface area contributed by atoms with Gasteiger partial charge in [0.05, 0.1) is 17.0 Å². The van der Waals surface area contributed by atoms with Crippen molar-refractivity contribution < 1.29 is 9.59 Å². The van der Waals surface area contributed by atoms with Gasteiger partial charge in [-0.1, -0.05) is 36.0 Å². The zero-order valence-corrected chi connectivity index (χ0v) is 20.0. The van der Waals surface area contributed by atoms with Gasteiger partial charge < -0.3 is 10.6 Å². The summed E-state index contributed by atoms with van der Waals surface area (Å²) in [7, 11) is 0. The van der Waals surface area contributed by atoms with Crippen LogP contribution in [0.2, 0.25) is 0 Å². The molecule has 2 N–H and O–H groups in total. The van der Waals surface area contributed by atoms with Crippen LogP contribution in [0.25, 0.3) is 11.4 Å². The van der Waals surface area contributed by atoms with Gasteiger partial charge in [-0.25, -0.2) is 0 Å². The number of benzene rings is 2. The molecule has 2 amide bonds. The third kappa shape index (κ3) is 5.41. The molecule has 1 aliphatic rings. The summed E-state index contributed by atoms with van der Waals surface area (Å²) in [5.74, 6) is 0.403. The minimum Gasteiger partial charge on any atom is -0.325 e. The molecule has 0 aliphatic heterocycles. The van der Waals surface area contributed by atoms with Crippen LogP contribution < -0.4 is 10.6 Å². The maximum absolute atomic E-state index is 12.9. The Kier molecular flexibility index (Phi) is 6.58. The Labute approximate surface area is 207 Å². The van der Waals surface area contributed by atoms with Gasteiger partial charge in [-0.2, -0.15) is 0 Å². The SMILES string of the molecule is Cc1cccc(NC(=O)c2ccccc2NC(=O)CSc2nnc(-c3cccnc3)n2C2CC2)c1. The molecule has 176 valence electrons. The fourth-order valence-electron chi connectivity index (χ4n) is 3.76. The number of rotatable bonds is 8. The molecule has 4 aromatic rings. The van der Waals surface area contributed by atoms with Crippen molar-refractivity contribution in [1.82, 2.24) is 19.7 Å². The van der Waals surface area contributed by atoms with Crippen LogP contribution >= 0.6 is 11.8 Å². The van der Waals surface area contributed by atoms with E-state index in [1.165, 1.54) is 11.8 Å². The molecule has 0 unspecified atom stereocenters. The van der Waals surface area contributed by atoms with E-state index in [2.05, 4.69) is 30.4 Å². The van der Waals surface area contributed by atoms with Crippen molar-refractivity contribution in [2.45, 2.75) is 31.0 Å². The van der Waals surface area contributed by atoms with E-state index in [1.807, 2.05) is 43.3 Å². The van der Waals surface area contributed by atoms with Crippen LogP contribution in [0.15, 0.2) is 78.2 Å². The van der Waals surface area contributed by atoms with Crippen LogP contribution in [0.5, 0.6) is 0 Å². The number of carbonyl (C=O) groups excluding carboxylic acids is 2. The molecule has 0 saturated heterocycles. The molecule has 1 fully saturated rings. The first kappa shape index (κ1) is 22.8. The second-order valence-electron chi connectivity index (χ2n) is 8.36. The molecular weight excluding hydrogens is 460 g/mol. The fourth-order valence-corrected chi connectivity index (χ4v) is 4.56. The summed E-state index contributed by atoms with van der Waals surface area (Å²) in [5, 5.41) is 15.2. The Morgan fingerprint density at radius 1 is 1.03 bits per heavy atom. The van der Waals surface area contributed by atoms with Crippen LogP contribution in [0.4, 0.5) is 11.4 Å². The van der Waals surface area contributed by atoms with Crippen LogP contribution in [-0.4, -0.2) is 37.3 Å². The molecule has 2 aromatic carbocycles. The highest BCUT2D eigenvalue weighted by atomic mass is 32.2. The molecular formula is C26H24N6O2S. The van der Waals surface area contributed by atoms with Crippen molar-refractivity contribution in [2.24, 2.45) is 0 Å². The molecule has 1 aliphatic carbocycles. The molecule has 8 nitrogen and oxygen atoms in total. The third-order valence-electron chi connectivity index (χ3n) is 5.55. The molecule has 0 spiro atoms. The molecule has 5 rings (SSSR count). The normalized spacial score (nSPS) is 12.8. The highest BCUT2D eigenvalue weighted by Gasteiger charge is 2.30. The van der Waals surface area contributed by atoms with E-state index in [1.54, 1.807) is 36.7 Å².